The molecule has 0 radical (unpaired) electrons. The number of fused-ring (bicyclic) bond motifs is 1. The van der Waals surface area contributed by atoms with Gasteiger partial charge in [-0.25, -0.2) is 0 Å². The molecule has 23 heavy (non-hydrogen) atoms. The zero-order valence-electron chi connectivity index (χ0n) is 13.7. The highest BCUT2D eigenvalue weighted by molar-refractivity contribution is 5.99. The third-order valence-corrected chi connectivity index (χ3v) is 4.16. The summed E-state index contributed by atoms with van der Waals surface area (Å²) in [4.78, 5) is 14.7. The maximum atomic E-state index is 12.8. The summed E-state index contributed by atoms with van der Waals surface area (Å²) >= 11 is 0. The van der Waals surface area contributed by atoms with Crippen molar-refractivity contribution < 1.29 is 14.3 Å². The Labute approximate surface area is 136 Å². The number of para-hydroxylation sites is 1. The average molecular weight is 311 g/mol. The minimum Gasteiger partial charge on any atom is -0.497 e. The van der Waals surface area contributed by atoms with Gasteiger partial charge in [0.25, 0.3) is 5.91 Å². The van der Waals surface area contributed by atoms with Crippen molar-refractivity contribution in [3.05, 3.63) is 54.1 Å². The van der Waals surface area contributed by atoms with Crippen LogP contribution in [-0.4, -0.2) is 25.2 Å². The van der Waals surface area contributed by atoms with Gasteiger partial charge in [0.05, 0.1) is 7.11 Å². The highest BCUT2D eigenvalue weighted by atomic mass is 16.5. The van der Waals surface area contributed by atoms with Gasteiger partial charge in [0, 0.05) is 11.7 Å². The smallest absolute Gasteiger partial charge is 0.268 e. The summed E-state index contributed by atoms with van der Waals surface area (Å²) in [6.45, 7) is 3.86. The summed E-state index contributed by atoms with van der Waals surface area (Å²) in [6.07, 6.45) is 0.342. The Hall–Kier alpha value is -2.49. The zero-order valence-corrected chi connectivity index (χ0v) is 13.7. The molecule has 0 spiro atoms. The van der Waals surface area contributed by atoms with Gasteiger partial charge in [-0.3, -0.25) is 4.79 Å². The van der Waals surface area contributed by atoms with Gasteiger partial charge in [0.2, 0.25) is 0 Å². The van der Waals surface area contributed by atoms with Gasteiger partial charge >= 0.3 is 0 Å². The molecule has 4 nitrogen and oxygen atoms in total. The Balaban J connectivity index is 1.74. The summed E-state index contributed by atoms with van der Waals surface area (Å²) in [7, 11) is 1.62. The molecular weight excluding hydrogens is 290 g/mol. The number of amides is 1. The van der Waals surface area contributed by atoms with Crippen LogP contribution in [0.3, 0.4) is 0 Å². The molecule has 4 heteroatoms. The van der Waals surface area contributed by atoms with Gasteiger partial charge in [-0.05, 0) is 56.2 Å². The lowest BCUT2D eigenvalue weighted by molar-refractivity contribution is -0.124. The van der Waals surface area contributed by atoms with Crippen molar-refractivity contribution in [3.8, 4) is 11.5 Å². The number of anilines is 1. The van der Waals surface area contributed by atoms with Crippen molar-refractivity contribution in [3.63, 3.8) is 0 Å². The zero-order chi connectivity index (χ0) is 16.4. The molecule has 3 rings (SSSR count). The highest BCUT2D eigenvalue weighted by Gasteiger charge is 2.33. The Morgan fingerprint density at radius 3 is 2.48 bits per heavy atom. The molecule has 2 aromatic rings. The van der Waals surface area contributed by atoms with Gasteiger partial charge < -0.3 is 14.4 Å². The molecular formula is C19H21NO3. The Morgan fingerprint density at radius 2 is 1.78 bits per heavy atom. The van der Waals surface area contributed by atoms with E-state index < -0.39 is 6.10 Å². The Bertz CT molecular complexity index is 696. The van der Waals surface area contributed by atoms with Crippen molar-refractivity contribution in [1.29, 1.82) is 0 Å². The van der Waals surface area contributed by atoms with Crippen LogP contribution in [0, 0.1) is 0 Å². The van der Waals surface area contributed by atoms with Gasteiger partial charge in [0.1, 0.15) is 11.5 Å². The van der Waals surface area contributed by atoms with E-state index in [9.17, 15) is 4.79 Å². The van der Waals surface area contributed by atoms with Crippen molar-refractivity contribution in [2.24, 2.45) is 0 Å². The van der Waals surface area contributed by atoms with Gasteiger partial charge in [0.15, 0.2) is 6.10 Å². The van der Waals surface area contributed by atoms with E-state index in [1.807, 2.05) is 47.4 Å². The van der Waals surface area contributed by atoms with Crippen LogP contribution in [0.2, 0.25) is 0 Å². The lowest BCUT2D eigenvalue weighted by atomic mass is 10.1. The minimum atomic E-state index is -0.544. The standard InChI is InChI=1S/C19H21NO3/c1-13-12-15-6-4-5-7-18(15)20(13)19(21)14(2)23-17-10-8-16(22-3)9-11-17/h4-11,13-14H,12H2,1-3H3/t13-,14-/m1/s1. The summed E-state index contributed by atoms with van der Waals surface area (Å²) in [5.41, 5.74) is 2.21. The summed E-state index contributed by atoms with van der Waals surface area (Å²) in [5.74, 6) is 1.41. The highest BCUT2D eigenvalue weighted by Crippen LogP contribution is 2.32. The number of nitrogens with zero attached hydrogens (tertiary/aromatic N) is 1. The molecule has 0 fully saturated rings. The molecule has 1 aliphatic rings. The van der Waals surface area contributed by atoms with Gasteiger partial charge in [-0.15, -0.1) is 0 Å². The summed E-state index contributed by atoms with van der Waals surface area (Å²) in [6, 6.07) is 15.5. The van der Waals surface area contributed by atoms with Crippen LogP contribution in [0.25, 0.3) is 0 Å². The number of hydrogen-bond acceptors (Lipinski definition) is 3. The van der Waals surface area contributed by atoms with E-state index in [1.54, 1.807) is 14.0 Å². The predicted molar refractivity (Wildman–Crippen MR) is 90.2 cm³/mol. The number of carbonyl (C=O) groups excluding carboxylic acids is 1. The number of carbonyl (C=O) groups is 1. The number of rotatable bonds is 4. The van der Waals surface area contributed by atoms with E-state index in [4.69, 9.17) is 9.47 Å². The van der Waals surface area contributed by atoms with Crippen LogP contribution in [0.15, 0.2) is 48.5 Å². The fraction of sp³-hybridized carbons (Fsp3) is 0.316. The van der Waals surface area contributed by atoms with Gasteiger partial charge in [-0.1, -0.05) is 18.2 Å². The molecule has 2 aromatic carbocycles. The SMILES string of the molecule is COc1ccc(O[C@H](C)C(=O)N2c3ccccc3C[C@H]2C)cc1. The van der Waals surface area contributed by atoms with Crippen molar-refractivity contribution in [1.82, 2.24) is 0 Å². The molecule has 0 unspecified atom stereocenters. The van der Waals surface area contributed by atoms with Gasteiger partial charge in [-0.2, -0.15) is 0 Å². The second-order valence-corrected chi connectivity index (χ2v) is 5.83. The lowest BCUT2D eigenvalue weighted by Crippen LogP contribution is -2.43. The lowest BCUT2D eigenvalue weighted by Gasteiger charge is -2.26. The molecule has 0 N–H and O–H groups in total. The van der Waals surface area contributed by atoms with E-state index >= 15 is 0 Å². The predicted octanol–water partition coefficient (Wildman–Crippen LogP) is 3.44. The first-order valence-corrected chi connectivity index (χ1v) is 7.82. The van der Waals surface area contributed by atoms with Crippen LogP contribution >= 0.6 is 0 Å². The van der Waals surface area contributed by atoms with Crippen molar-refractivity contribution in [2.75, 3.05) is 12.0 Å². The maximum Gasteiger partial charge on any atom is 0.268 e. The van der Waals surface area contributed by atoms with E-state index in [0.29, 0.717) is 5.75 Å². The largest absolute Gasteiger partial charge is 0.497 e. The molecule has 0 aliphatic carbocycles. The molecule has 1 amide bonds. The number of ether oxygens (including phenoxy) is 2. The van der Waals surface area contributed by atoms with E-state index in [1.165, 1.54) is 5.56 Å². The fourth-order valence-electron chi connectivity index (χ4n) is 3.01. The number of methoxy groups -OCH3 is 1. The Kier molecular flexibility index (Phi) is 4.24. The van der Waals surface area contributed by atoms with Crippen molar-refractivity contribution in [2.45, 2.75) is 32.4 Å². The van der Waals surface area contributed by atoms with Crippen LogP contribution in [0.5, 0.6) is 11.5 Å². The first-order chi connectivity index (χ1) is 11.1. The quantitative estimate of drug-likeness (QED) is 0.868. The first-order valence-electron chi connectivity index (χ1n) is 7.82. The first kappa shape index (κ1) is 15.4. The summed E-state index contributed by atoms with van der Waals surface area (Å²) < 4.78 is 10.9. The molecule has 0 bridgehead atoms. The topological polar surface area (TPSA) is 38.8 Å². The normalized spacial score (nSPS) is 17.5. The summed E-state index contributed by atoms with van der Waals surface area (Å²) in [5, 5.41) is 0. The van der Waals surface area contributed by atoms with E-state index in [0.717, 1.165) is 17.9 Å². The van der Waals surface area contributed by atoms with E-state index in [2.05, 4.69) is 13.0 Å². The van der Waals surface area contributed by atoms with Crippen LogP contribution in [-0.2, 0) is 11.2 Å². The fourth-order valence-corrected chi connectivity index (χ4v) is 3.01. The van der Waals surface area contributed by atoms with Crippen LogP contribution in [0.4, 0.5) is 5.69 Å². The molecule has 1 aliphatic heterocycles. The average Bonchev–Trinajstić information content (AvgIpc) is 2.90. The third kappa shape index (κ3) is 3.02. The molecule has 0 saturated carbocycles. The Morgan fingerprint density at radius 1 is 1.13 bits per heavy atom. The second-order valence-electron chi connectivity index (χ2n) is 5.83. The minimum absolute atomic E-state index is 0.0155. The number of benzene rings is 2. The molecule has 2 atom stereocenters. The molecule has 0 aromatic heterocycles. The van der Waals surface area contributed by atoms with Crippen LogP contribution < -0.4 is 14.4 Å². The maximum absolute atomic E-state index is 12.8. The van der Waals surface area contributed by atoms with Crippen LogP contribution in [0.1, 0.15) is 19.4 Å². The number of hydrogen-bond donors (Lipinski definition) is 0. The second kappa shape index (κ2) is 6.32. The molecule has 0 saturated heterocycles. The monoisotopic (exact) mass is 311 g/mol. The third-order valence-electron chi connectivity index (χ3n) is 4.16. The molecule has 1 heterocycles. The van der Waals surface area contributed by atoms with E-state index in [-0.39, 0.29) is 11.9 Å². The molecule has 120 valence electrons. The van der Waals surface area contributed by atoms with Crippen molar-refractivity contribution >= 4 is 11.6 Å².